The van der Waals surface area contributed by atoms with Crippen LogP contribution in [0.3, 0.4) is 0 Å². The SMILES string of the molecule is C=C1OC(=O)c2cc3c(cc21)C(=O)OC3.C=O. The van der Waals surface area contributed by atoms with E-state index in [4.69, 9.17) is 14.3 Å². The van der Waals surface area contributed by atoms with E-state index in [1.165, 1.54) is 0 Å². The molecule has 0 radical (unpaired) electrons. The van der Waals surface area contributed by atoms with Crippen LogP contribution in [0.25, 0.3) is 5.76 Å². The lowest BCUT2D eigenvalue weighted by molar-refractivity contribution is -0.0980. The second-order valence-electron chi connectivity index (χ2n) is 3.44. The summed E-state index contributed by atoms with van der Waals surface area (Å²) in [6.45, 7) is 5.82. The molecule has 2 aliphatic heterocycles. The Morgan fingerprint density at radius 3 is 2.41 bits per heavy atom. The van der Waals surface area contributed by atoms with Gasteiger partial charge >= 0.3 is 11.9 Å². The van der Waals surface area contributed by atoms with Crippen molar-refractivity contribution in [3.8, 4) is 0 Å². The van der Waals surface area contributed by atoms with Gasteiger partial charge in [0.15, 0.2) is 0 Å². The van der Waals surface area contributed by atoms with Crippen LogP contribution in [0, 0.1) is 0 Å². The van der Waals surface area contributed by atoms with E-state index >= 15 is 0 Å². The molecule has 3 rings (SSSR count). The van der Waals surface area contributed by atoms with Crippen molar-refractivity contribution in [2.75, 3.05) is 0 Å². The highest BCUT2D eigenvalue weighted by molar-refractivity contribution is 6.05. The van der Waals surface area contributed by atoms with Crippen molar-refractivity contribution in [1.82, 2.24) is 0 Å². The molecule has 86 valence electrons. The number of fused-ring (bicyclic) bond motifs is 2. The van der Waals surface area contributed by atoms with Gasteiger partial charge in [0.2, 0.25) is 0 Å². The van der Waals surface area contributed by atoms with E-state index in [0.717, 1.165) is 5.56 Å². The maximum absolute atomic E-state index is 11.3. The first-order chi connectivity index (χ1) is 8.16. The van der Waals surface area contributed by atoms with E-state index in [1.807, 2.05) is 6.79 Å². The number of hydrogen-bond acceptors (Lipinski definition) is 5. The summed E-state index contributed by atoms with van der Waals surface area (Å²) in [4.78, 5) is 30.6. The molecule has 0 N–H and O–H groups in total. The quantitative estimate of drug-likeness (QED) is 0.631. The zero-order valence-electron chi connectivity index (χ0n) is 8.82. The number of carbonyl (C=O) groups excluding carboxylic acids is 3. The van der Waals surface area contributed by atoms with Crippen LogP contribution in [-0.4, -0.2) is 18.7 Å². The van der Waals surface area contributed by atoms with E-state index in [-0.39, 0.29) is 18.3 Å². The molecule has 0 atom stereocenters. The fourth-order valence-electron chi connectivity index (χ4n) is 1.80. The van der Waals surface area contributed by atoms with Gasteiger partial charge in [0.1, 0.15) is 19.2 Å². The Labute approximate surface area is 96.6 Å². The lowest BCUT2D eigenvalue weighted by Gasteiger charge is -1.97. The van der Waals surface area contributed by atoms with Crippen LogP contribution in [-0.2, 0) is 20.9 Å². The van der Waals surface area contributed by atoms with Crippen molar-refractivity contribution in [3.05, 3.63) is 41.0 Å². The summed E-state index contributed by atoms with van der Waals surface area (Å²) in [7, 11) is 0. The number of esters is 2. The van der Waals surface area contributed by atoms with E-state index in [1.54, 1.807) is 12.1 Å². The maximum atomic E-state index is 11.3. The lowest BCUT2D eigenvalue weighted by atomic mass is 10.0. The Bertz CT molecular complexity index is 544. The molecule has 0 aliphatic carbocycles. The highest BCUT2D eigenvalue weighted by Gasteiger charge is 2.31. The Morgan fingerprint density at radius 2 is 1.71 bits per heavy atom. The second-order valence-corrected chi connectivity index (χ2v) is 3.44. The van der Waals surface area contributed by atoms with E-state index < -0.39 is 5.97 Å². The van der Waals surface area contributed by atoms with Crippen molar-refractivity contribution in [2.45, 2.75) is 6.61 Å². The smallest absolute Gasteiger partial charge is 0.344 e. The minimum absolute atomic E-state index is 0.223. The molecule has 0 saturated carbocycles. The normalized spacial score (nSPS) is 15.4. The summed E-state index contributed by atoms with van der Waals surface area (Å²) < 4.78 is 9.71. The average molecular weight is 232 g/mol. The lowest BCUT2D eigenvalue weighted by Crippen LogP contribution is -1.97. The van der Waals surface area contributed by atoms with Gasteiger partial charge in [0.05, 0.1) is 11.1 Å². The Morgan fingerprint density at radius 1 is 1.00 bits per heavy atom. The molecule has 1 aromatic carbocycles. The molecule has 5 nitrogen and oxygen atoms in total. The van der Waals surface area contributed by atoms with Crippen LogP contribution < -0.4 is 0 Å². The number of hydrogen-bond donors (Lipinski definition) is 0. The van der Waals surface area contributed by atoms with E-state index in [2.05, 4.69) is 6.58 Å². The van der Waals surface area contributed by atoms with Gasteiger partial charge in [-0.3, -0.25) is 0 Å². The summed E-state index contributed by atoms with van der Waals surface area (Å²) in [6.07, 6.45) is 0. The highest BCUT2D eigenvalue weighted by Crippen LogP contribution is 2.33. The summed E-state index contributed by atoms with van der Waals surface area (Å²) in [6, 6.07) is 3.24. The molecule has 2 heterocycles. The number of cyclic esters (lactones) is 2. The maximum Gasteiger partial charge on any atom is 0.344 e. The second kappa shape index (κ2) is 3.86. The first-order valence-corrected chi connectivity index (χ1v) is 4.71. The molecule has 0 spiro atoms. The van der Waals surface area contributed by atoms with E-state index in [0.29, 0.717) is 16.7 Å². The van der Waals surface area contributed by atoms with Crippen molar-refractivity contribution in [3.63, 3.8) is 0 Å². The molecular weight excluding hydrogens is 224 g/mol. The first-order valence-electron chi connectivity index (χ1n) is 4.71. The van der Waals surface area contributed by atoms with Gasteiger partial charge in [-0.25, -0.2) is 9.59 Å². The minimum atomic E-state index is -0.419. The molecule has 0 fully saturated rings. The van der Waals surface area contributed by atoms with E-state index in [9.17, 15) is 9.59 Å². The number of carbonyl (C=O) groups is 3. The summed E-state index contributed by atoms with van der Waals surface area (Å²) in [5.41, 5.74) is 2.26. The van der Waals surface area contributed by atoms with Crippen molar-refractivity contribution < 1.29 is 23.9 Å². The van der Waals surface area contributed by atoms with Crippen LogP contribution in [0.2, 0.25) is 0 Å². The summed E-state index contributed by atoms with van der Waals surface area (Å²) in [5, 5.41) is 0. The van der Waals surface area contributed by atoms with Gasteiger partial charge in [-0.1, -0.05) is 6.58 Å². The van der Waals surface area contributed by atoms with Crippen LogP contribution in [0.15, 0.2) is 18.7 Å². The van der Waals surface area contributed by atoms with Gasteiger partial charge < -0.3 is 14.3 Å². The third-order valence-corrected chi connectivity index (χ3v) is 2.56. The van der Waals surface area contributed by atoms with Crippen molar-refractivity contribution in [1.29, 1.82) is 0 Å². The molecule has 1 aromatic rings. The van der Waals surface area contributed by atoms with Crippen LogP contribution >= 0.6 is 0 Å². The van der Waals surface area contributed by atoms with Gasteiger partial charge in [-0.2, -0.15) is 0 Å². The molecule has 0 bridgehead atoms. The van der Waals surface area contributed by atoms with Crippen LogP contribution in [0.1, 0.15) is 31.8 Å². The molecule has 0 unspecified atom stereocenters. The molecule has 0 saturated heterocycles. The third kappa shape index (κ3) is 1.52. The predicted octanol–water partition coefficient (Wildman–Crippen LogP) is 1.31. The molecule has 2 aliphatic rings. The van der Waals surface area contributed by atoms with Gasteiger partial charge in [0, 0.05) is 11.1 Å². The number of ether oxygens (including phenoxy) is 2. The first kappa shape index (κ1) is 11.1. The average Bonchev–Trinajstić information content (AvgIpc) is 2.83. The standard InChI is InChI=1S/C11H6O4.CH2O/c1-5-7-3-8-6(4-14-10(8)12)2-9(7)11(13)15-5;1-2/h2-3H,1,4H2;1H2. The molecule has 0 aromatic heterocycles. The highest BCUT2D eigenvalue weighted by atomic mass is 16.5. The number of rotatable bonds is 0. The van der Waals surface area contributed by atoms with Gasteiger partial charge in [-0.05, 0) is 12.1 Å². The molecular formula is C12H8O5. The molecule has 17 heavy (non-hydrogen) atoms. The van der Waals surface area contributed by atoms with Crippen LogP contribution in [0.4, 0.5) is 0 Å². The Hall–Kier alpha value is -2.43. The topological polar surface area (TPSA) is 69.7 Å². The minimum Gasteiger partial charge on any atom is -0.457 e. The zero-order chi connectivity index (χ0) is 12.6. The third-order valence-electron chi connectivity index (χ3n) is 2.56. The predicted molar refractivity (Wildman–Crippen MR) is 57.1 cm³/mol. The molecule has 0 amide bonds. The number of benzene rings is 1. The van der Waals surface area contributed by atoms with Crippen molar-refractivity contribution >= 4 is 24.5 Å². The van der Waals surface area contributed by atoms with Gasteiger partial charge in [0.25, 0.3) is 0 Å². The van der Waals surface area contributed by atoms with Crippen molar-refractivity contribution in [2.24, 2.45) is 0 Å². The van der Waals surface area contributed by atoms with Gasteiger partial charge in [-0.15, -0.1) is 0 Å². The fraction of sp³-hybridized carbons (Fsp3) is 0.0833. The fourth-order valence-corrected chi connectivity index (χ4v) is 1.80. The van der Waals surface area contributed by atoms with Crippen LogP contribution in [0.5, 0.6) is 0 Å². The largest absolute Gasteiger partial charge is 0.457 e. The Kier molecular flexibility index (Phi) is 2.51. The Balaban J connectivity index is 0.000000514. The zero-order valence-corrected chi connectivity index (χ0v) is 8.82. The summed E-state index contributed by atoms with van der Waals surface area (Å²) >= 11 is 0. The monoisotopic (exact) mass is 232 g/mol. The summed E-state index contributed by atoms with van der Waals surface area (Å²) in [5.74, 6) is -0.491. The molecule has 5 heteroatoms.